The first-order valence-electron chi connectivity index (χ1n) is 8.08. The molecule has 2 aromatic rings. The summed E-state index contributed by atoms with van der Waals surface area (Å²) in [7, 11) is 6.68. The summed E-state index contributed by atoms with van der Waals surface area (Å²) in [4.78, 5) is 0. The van der Waals surface area contributed by atoms with Crippen molar-refractivity contribution in [2.45, 2.75) is 19.9 Å². The lowest BCUT2D eigenvalue weighted by atomic mass is 10.0. The van der Waals surface area contributed by atoms with Gasteiger partial charge in [-0.2, -0.15) is 0 Å². The third-order valence-electron chi connectivity index (χ3n) is 4.27. The molecule has 0 aliphatic rings. The maximum Gasteiger partial charge on any atom is 0.0952 e. The van der Waals surface area contributed by atoms with E-state index >= 15 is 0 Å². The Balaban J connectivity index is 2.37. The number of quaternary nitrogens is 1. The van der Waals surface area contributed by atoms with Gasteiger partial charge in [0.1, 0.15) is 0 Å². The van der Waals surface area contributed by atoms with Crippen LogP contribution in [0.4, 0.5) is 0 Å². The first kappa shape index (κ1) is 17.2. The minimum Gasteiger partial charge on any atom is -0.328 e. The highest BCUT2D eigenvalue weighted by Gasteiger charge is 2.31. The SMILES string of the molecule is CC(C)[C@@H](CP(c1ccccc1)c1ccccc1)[N+](C)(C)C. The second-order valence-corrected chi connectivity index (χ2v) is 9.46. The molecule has 0 heterocycles. The Morgan fingerprint density at radius 3 is 1.50 bits per heavy atom. The van der Waals surface area contributed by atoms with E-state index in [0.29, 0.717) is 12.0 Å². The van der Waals surface area contributed by atoms with E-state index in [2.05, 4.69) is 95.7 Å². The predicted octanol–water partition coefficient (Wildman–Crippen LogP) is 3.85. The Morgan fingerprint density at radius 2 is 1.18 bits per heavy atom. The first-order valence-corrected chi connectivity index (χ1v) is 9.61. The van der Waals surface area contributed by atoms with Crippen molar-refractivity contribution in [3.05, 3.63) is 60.7 Å². The standard InChI is InChI=1S/C20H29NP/c1-17(2)20(21(3,4)5)16-22(18-12-8-6-9-13-18)19-14-10-7-11-15-19/h6-15,17,20H,16H2,1-5H3/q+1/t20-/m1/s1. The van der Waals surface area contributed by atoms with Crippen molar-refractivity contribution in [1.82, 2.24) is 0 Å². The van der Waals surface area contributed by atoms with E-state index in [1.807, 2.05) is 0 Å². The van der Waals surface area contributed by atoms with Gasteiger partial charge in [-0.1, -0.05) is 74.5 Å². The molecule has 0 aromatic heterocycles. The van der Waals surface area contributed by atoms with Gasteiger partial charge < -0.3 is 4.48 Å². The molecule has 2 rings (SSSR count). The molecule has 0 saturated carbocycles. The highest BCUT2D eigenvalue weighted by molar-refractivity contribution is 7.73. The molecule has 1 atom stereocenters. The van der Waals surface area contributed by atoms with E-state index in [-0.39, 0.29) is 7.92 Å². The van der Waals surface area contributed by atoms with Crippen molar-refractivity contribution in [3.8, 4) is 0 Å². The summed E-state index contributed by atoms with van der Waals surface area (Å²) in [6.07, 6.45) is 1.24. The molecular formula is C20H29NP+. The minimum absolute atomic E-state index is 0.303. The van der Waals surface area contributed by atoms with Crippen molar-refractivity contribution in [1.29, 1.82) is 0 Å². The van der Waals surface area contributed by atoms with Gasteiger partial charge in [0.2, 0.25) is 0 Å². The highest BCUT2D eigenvalue weighted by Crippen LogP contribution is 2.37. The molecule has 2 heteroatoms. The molecule has 1 nitrogen and oxygen atoms in total. The van der Waals surface area contributed by atoms with Crippen LogP contribution in [0, 0.1) is 5.92 Å². The largest absolute Gasteiger partial charge is 0.328 e. The molecule has 118 valence electrons. The van der Waals surface area contributed by atoms with E-state index in [0.717, 1.165) is 4.48 Å². The van der Waals surface area contributed by atoms with Crippen LogP contribution in [0.15, 0.2) is 60.7 Å². The molecule has 0 bridgehead atoms. The zero-order chi connectivity index (χ0) is 16.2. The van der Waals surface area contributed by atoms with Gasteiger partial charge in [0.15, 0.2) is 0 Å². The molecule has 22 heavy (non-hydrogen) atoms. The van der Waals surface area contributed by atoms with Crippen molar-refractivity contribution in [2.75, 3.05) is 27.3 Å². The van der Waals surface area contributed by atoms with Gasteiger partial charge in [0.05, 0.1) is 27.2 Å². The minimum atomic E-state index is -0.303. The van der Waals surface area contributed by atoms with Crippen LogP contribution in [0.2, 0.25) is 0 Å². The van der Waals surface area contributed by atoms with E-state index in [1.165, 1.54) is 16.8 Å². The Morgan fingerprint density at radius 1 is 0.773 bits per heavy atom. The second-order valence-electron chi connectivity index (χ2n) is 7.21. The number of hydrogen-bond acceptors (Lipinski definition) is 0. The monoisotopic (exact) mass is 314 g/mol. The van der Waals surface area contributed by atoms with Crippen LogP contribution in [-0.2, 0) is 0 Å². The fraction of sp³-hybridized carbons (Fsp3) is 0.400. The molecule has 0 spiro atoms. The third kappa shape index (κ3) is 4.41. The number of nitrogens with zero attached hydrogens (tertiary/aromatic N) is 1. The number of rotatable bonds is 6. The zero-order valence-electron chi connectivity index (χ0n) is 14.5. The smallest absolute Gasteiger partial charge is 0.0952 e. The predicted molar refractivity (Wildman–Crippen MR) is 101 cm³/mol. The average molecular weight is 314 g/mol. The molecule has 0 aliphatic heterocycles. The molecule has 0 aliphatic carbocycles. The fourth-order valence-corrected chi connectivity index (χ4v) is 6.18. The molecule has 0 radical (unpaired) electrons. The van der Waals surface area contributed by atoms with Crippen LogP contribution in [-0.4, -0.2) is 37.8 Å². The van der Waals surface area contributed by atoms with Crippen LogP contribution >= 0.6 is 7.92 Å². The molecular weight excluding hydrogens is 285 g/mol. The summed E-state index contributed by atoms with van der Waals surface area (Å²) in [6, 6.07) is 22.8. The van der Waals surface area contributed by atoms with Crippen molar-refractivity contribution in [3.63, 3.8) is 0 Å². The van der Waals surface area contributed by atoms with Gasteiger partial charge in [-0.05, 0) is 18.5 Å². The molecule has 0 unspecified atom stereocenters. The van der Waals surface area contributed by atoms with Gasteiger partial charge in [-0.15, -0.1) is 0 Å². The van der Waals surface area contributed by atoms with E-state index < -0.39 is 0 Å². The van der Waals surface area contributed by atoms with Crippen molar-refractivity contribution < 1.29 is 4.48 Å². The quantitative estimate of drug-likeness (QED) is 0.561. The number of benzene rings is 2. The second kappa shape index (κ2) is 7.40. The normalized spacial score (nSPS) is 13.6. The summed E-state index contributed by atoms with van der Waals surface area (Å²) >= 11 is 0. The lowest BCUT2D eigenvalue weighted by Crippen LogP contribution is -2.50. The van der Waals surface area contributed by atoms with Crippen LogP contribution in [0.1, 0.15) is 13.8 Å². The van der Waals surface area contributed by atoms with Crippen LogP contribution in [0.3, 0.4) is 0 Å². The number of hydrogen-bond donors (Lipinski definition) is 0. The fourth-order valence-electron chi connectivity index (χ4n) is 3.11. The Kier molecular flexibility index (Phi) is 5.78. The lowest BCUT2D eigenvalue weighted by Gasteiger charge is -2.39. The molecule has 0 fully saturated rings. The lowest BCUT2D eigenvalue weighted by molar-refractivity contribution is -0.896. The zero-order valence-corrected chi connectivity index (χ0v) is 15.4. The maximum absolute atomic E-state index is 2.36. The average Bonchev–Trinajstić information content (AvgIpc) is 2.48. The summed E-state index contributed by atoms with van der Waals surface area (Å²) < 4.78 is 1.02. The Hall–Kier alpha value is -1.17. The third-order valence-corrected chi connectivity index (χ3v) is 6.85. The van der Waals surface area contributed by atoms with Gasteiger partial charge in [-0.3, -0.25) is 0 Å². The highest BCUT2D eigenvalue weighted by atomic mass is 31.1. The molecule has 2 aromatic carbocycles. The van der Waals surface area contributed by atoms with Crippen LogP contribution in [0.5, 0.6) is 0 Å². The van der Waals surface area contributed by atoms with E-state index in [1.54, 1.807) is 0 Å². The van der Waals surface area contributed by atoms with E-state index in [4.69, 9.17) is 0 Å². The van der Waals surface area contributed by atoms with E-state index in [9.17, 15) is 0 Å². The van der Waals surface area contributed by atoms with Gasteiger partial charge in [0.25, 0.3) is 0 Å². The van der Waals surface area contributed by atoms with Crippen LogP contribution in [0.25, 0.3) is 0 Å². The van der Waals surface area contributed by atoms with Gasteiger partial charge >= 0.3 is 0 Å². The summed E-state index contributed by atoms with van der Waals surface area (Å²) in [6.45, 7) is 4.72. The molecule has 0 saturated heterocycles. The molecule has 0 amide bonds. The Bertz CT molecular complexity index is 518. The van der Waals surface area contributed by atoms with Gasteiger partial charge in [0, 0.05) is 12.1 Å². The first-order chi connectivity index (χ1) is 10.4. The van der Waals surface area contributed by atoms with Crippen LogP contribution < -0.4 is 10.6 Å². The summed E-state index contributed by atoms with van der Waals surface area (Å²) in [5, 5.41) is 2.98. The molecule has 0 N–H and O–H groups in total. The van der Waals surface area contributed by atoms with Crippen molar-refractivity contribution in [2.24, 2.45) is 5.92 Å². The van der Waals surface area contributed by atoms with Gasteiger partial charge in [-0.25, -0.2) is 0 Å². The van der Waals surface area contributed by atoms with Crippen molar-refractivity contribution >= 4 is 18.5 Å². The summed E-state index contributed by atoms with van der Waals surface area (Å²) in [5.41, 5.74) is 0. The Labute approximate surface area is 137 Å². The summed E-state index contributed by atoms with van der Waals surface area (Å²) in [5.74, 6) is 0.678. The maximum atomic E-state index is 2.36. The topological polar surface area (TPSA) is 0 Å².